The Kier molecular flexibility index (Phi) is 1.44. The van der Waals surface area contributed by atoms with E-state index in [1.807, 2.05) is 0 Å². The smallest absolute Gasteiger partial charge is 0.226 e. The molecule has 2 aliphatic heterocycles. The summed E-state index contributed by atoms with van der Waals surface area (Å²) in [5, 5.41) is 0. The number of hydrogen-bond donors (Lipinski definition) is 0. The summed E-state index contributed by atoms with van der Waals surface area (Å²) in [6, 6.07) is 0. The molecule has 60 valence electrons. The zero-order valence-corrected chi connectivity index (χ0v) is 6.32. The van der Waals surface area contributed by atoms with Gasteiger partial charge in [-0.3, -0.25) is 4.79 Å². The summed E-state index contributed by atoms with van der Waals surface area (Å²) in [5.74, 6) is 1.14. The van der Waals surface area contributed by atoms with Crippen molar-refractivity contribution in [3.8, 4) is 0 Å². The van der Waals surface area contributed by atoms with Crippen molar-refractivity contribution in [2.75, 3.05) is 13.1 Å². The zero-order chi connectivity index (χ0) is 7.84. The van der Waals surface area contributed by atoms with Gasteiger partial charge in [0.15, 0.2) is 0 Å². The highest BCUT2D eigenvalue weighted by Gasteiger charge is 2.43. The zero-order valence-electron chi connectivity index (χ0n) is 6.32. The van der Waals surface area contributed by atoms with Crippen LogP contribution in [0.25, 0.3) is 0 Å². The van der Waals surface area contributed by atoms with Gasteiger partial charge in [0.25, 0.3) is 0 Å². The van der Waals surface area contributed by atoms with E-state index >= 15 is 0 Å². The molecule has 0 aromatic rings. The van der Waals surface area contributed by atoms with Gasteiger partial charge in [-0.25, -0.2) is 0 Å². The van der Waals surface area contributed by atoms with Crippen molar-refractivity contribution in [1.29, 1.82) is 0 Å². The summed E-state index contributed by atoms with van der Waals surface area (Å²) in [7, 11) is 0. The standard InChI is InChI=1S/C8H11NO2/c10-2-1-9-5-6-3-7(4-6)8(9)11/h2,6-7H,1,3-5H2. The average Bonchev–Trinajstić information content (AvgIpc) is 1.90. The van der Waals surface area contributed by atoms with E-state index in [2.05, 4.69) is 0 Å². The molecule has 1 aliphatic carbocycles. The molecule has 3 nitrogen and oxygen atoms in total. The highest BCUT2D eigenvalue weighted by molar-refractivity contribution is 5.83. The van der Waals surface area contributed by atoms with Crippen LogP contribution in [0.5, 0.6) is 0 Å². The molecule has 2 heterocycles. The molecular formula is C8H11NO2. The largest absolute Gasteiger partial charge is 0.335 e. The fourth-order valence-corrected chi connectivity index (χ4v) is 2.00. The van der Waals surface area contributed by atoms with Crippen LogP contribution in [0.1, 0.15) is 12.8 Å². The van der Waals surface area contributed by atoms with Gasteiger partial charge in [0.05, 0.1) is 6.54 Å². The summed E-state index contributed by atoms with van der Waals surface area (Å²) >= 11 is 0. The van der Waals surface area contributed by atoms with Gasteiger partial charge < -0.3 is 9.69 Å². The Balaban J connectivity index is 2.01. The van der Waals surface area contributed by atoms with Gasteiger partial charge in [-0.15, -0.1) is 0 Å². The van der Waals surface area contributed by atoms with Gasteiger partial charge in [0.1, 0.15) is 6.29 Å². The monoisotopic (exact) mass is 153 g/mol. The van der Waals surface area contributed by atoms with E-state index < -0.39 is 0 Å². The van der Waals surface area contributed by atoms with Gasteiger partial charge >= 0.3 is 0 Å². The molecule has 0 N–H and O–H groups in total. The van der Waals surface area contributed by atoms with Gasteiger partial charge in [0.2, 0.25) is 5.91 Å². The number of aldehydes is 1. The van der Waals surface area contributed by atoms with E-state index in [9.17, 15) is 9.59 Å². The first kappa shape index (κ1) is 6.83. The Bertz CT molecular complexity index is 196. The SMILES string of the molecule is O=CCN1CC2CC(C2)C1=O. The number of rotatable bonds is 2. The van der Waals surface area contributed by atoms with Crippen LogP contribution in [-0.4, -0.2) is 30.2 Å². The van der Waals surface area contributed by atoms with Crippen LogP contribution >= 0.6 is 0 Å². The molecule has 0 aromatic carbocycles. The number of nitrogens with zero attached hydrogens (tertiary/aromatic N) is 1. The third-order valence-electron chi connectivity index (χ3n) is 2.67. The maximum absolute atomic E-state index is 11.3. The topological polar surface area (TPSA) is 37.4 Å². The first-order valence-electron chi connectivity index (χ1n) is 4.03. The quantitative estimate of drug-likeness (QED) is 0.526. The van der Waals surface area contributed by atoms with Crippen LogP contribution in [0.15, 0.2) is 0 Å². The lowest BCUT2D eigenvalue weighted by atomic mass is 9.70. The Morgan fingerprint density at radius 3 is 2.82 bits per heavy atom. The molecule has 3 aliphatic rings. The third kappa shape index (κ3) is 0.951. The molecule has 3 rings (SSSR count). The van der Waals surface area contributed by atoms with Crippen molar-refractivity contribution in [3.05, 3.63) is 0 Å². The second kappa shape index (κ2) is 2.32. The van der Waals surface area contributed by atoms with E-state index in [0.29, 0.717) is 12.5 Å². The molecule has 0 atom stereocenters. The average molecular weight is 153 g/mol. The van der Waals surface area contributed by atoms with Gasteiger partial charge in [-0.05, 0) is 18.8 Å². The lowest BCUT2D eigenvalue weighted by molar-refractivity contribution is -0.150. The van der Waals surface area contributed by atoms with Crippen molar-refractivity contribution < 1.29 is 9.59 Å². The number of carbonyl (C=O) groups is 2. The normalized spacial score (nSPS) is 34.9. The Morgan fingerprint density at radius 2 is 2.27 bits per heavy atom. The number of hydrogen-bond acceptors (Lipinski definition) is 2. The third-order valence-corrected chi connectivity index (χ3v) is 2.67. The van der Waals surface area contributed by atoms with Crippen LogP contribution in [0, 0.1) is 11.8 Å². The molecule has 3 heteroatoms. The summed E-state index contributed by atoms with van der Waals surface area (Å²) in [6.07, 6.45) is 2.94. The first-order valence-corrected chi connectivity index (χ1v) is 4.03. The minimum absolute atomic E-state index is 0.194. The highest BCUT2D eigenvalue weighted by atomic mass is 16.2. The van der Waals surface area contributed by atoms with Gasteiger partial charge in [-0.2, -0.15) is 0 Å². The van der Waals surface area contributed by atoms with Crippen molar-refractivity contribution >= 4 is 12.2 Å². The minimum atomic E-state index is 0.194. The second-order valence-corrected chi connectivity index (χ2v) is 3.44. The number of fused-ring (bicyclic) bond motifs is 2. The highest BCUT2D eigenvalue weighted by Crippen LogP contribution is 2.39. The van der Waals surface area contributed by atoms with Crippen LogP contribution < -0.4 is 0 Å². The molecule has 11 heavy (non-hydrogen) atoms. The first-order chi connectivity index (χ1) is 5.31. The minimum Gasteiger partial charge on any atom is -0.335 e. The van der Waals surface area contributed by atoms with E-state index in [-0.39, 0.29) is 11.8 Å². The lowest BCUT2D eigenvalue weighted by Crippen LogP contribution is -2.53. The predicted molar refractivity (Wildman–Crippen MR) is 38.9 cm³/mol. The van der Waals surface area contributed by atoms with Gasteiger partial charge in [0, 0.05) is 12.5 Å². The number of amides is 1. The molecule has 0 radical (unpaired) electrons. The number of carbonyl (C=O) groups excluding carboxylic acids is 2. The van der Waals surface area contributed by atoms with Crippen molar-refractivity contribution in [2.45, 2.75) is 12.8 Å². The van der Waals surface area contributed by atoms with Crippen LogP contribution in [0.2, 0.25) is 0 Å². The summed E-state index contributed by atoms with van der Waals surface area (Å²) < 4.78 is 0. The molecule has 0 aromatic heterocycles. The van der Waals surface area contributed by atoms with Crippen molar-refractivity contribution in [3.63, 3.8) is 0 Å². The molecular weight excluding hydrogens is 142 g/mol. The van der Waals surface area contributed by atoms with Crippen LogP contribution in [0.3, 0.4) is 0 Å². The van der Waals surface area contributed by atoms with E-state index in [4.69, 9.17) is 0 Å². The predicted octanol–water partition coefficient (Wildman–Crippen LogP) is 0.0537. The number of piperidine rings is 2. The molecule has 3 fully saturated rings. The van der Waals surface area contributed by atoms with E-state index in [0.717, 1.165) is 25.7 Å². The molecule has 1 amide bonds. The van der Waals surface area contributed by atoms with Crippen molar-refractivity contribution in [1.82, 2.24) is 4.90 Å². The summed E-state index contributed by atoms with van der Waals surface area (Å²) in [4.78, 5) is 23.1. The maximum Gasteiger partial charge on any atom is 0.226 e. The lowest BCUT2D eigenvalue weighted by Gasteiger charge is -2.45. The van der Waals surface area contributed by atoms with Gasteiger partial charge in [-0.1, -0.05) is 0 Å². The van der Waals surface area contributed by atoms with Crippen molar-refractivity contribution in [2.24, 2.45) is 11.8 Å². The summed E-state index contributed by atoms with van der Waals surface area (Å²) in [6.45, 7) is 1.11. The fourth-order valence-electron chi connectivity index (χ4n) is 2.00. The van der Waals surface area contributed by atoms with E-state index in [1.165, 1.54) is 0 Å². The Morgan fingerprint density at radius 1 is 1.55 bits per heavy atom. The maximum atomic E-state index is 11.3. The fraction of sp³-hybridized carbons (Fsp3) is 0.750. The molecule has 2 bridgehead atoms. The van der Waals surface area contributed by atoms with Crippen LogP contribution in [0.4, 0.5) is 0 Å². The van der Waals surface area contributed by atoms with E-state index in [1.54, 1.807) is 4.90 Å². The van der Waals surface area contributed by atoms with Crippen LogP contribution in [-0.2, 0) is 9.59 Å². The molecule has 1 saturated carbocycles. The summed E-state index contributed by atoms with van der Waals surface area (Å²) in [5.41, 5.74) is 0. The molecule has 2 saturated heterocycles. The second-order valence-electron chi connectivity index (χ2n) is 3.44. The Labute approximate surface area is 65.4 Å². The molecule has 0 unspecified atom stereocenters. The molecule has 0 spiro atoms. The Hall–Kier alpha value is -0.860.